The monoisotopic (exact) mass is 297 g/mol. The number of anilines is 1. The standard InChI is InChI=1S/C13H9F2NO3S/c1-6-5-9(20-11(6)13(18)19)16-12(17)7-3-2-4-8(14)10(7)15/h2-5H,1H3,(H,16,17)(H,18,19). The highest BCUT2D eigenvalue weighted by Gasteiger charge is 2.18. The average Bonchev–Trinajstić information content (AvgIpc) is 2.73. The van der Waals surface area contributed by atoms with Crippen molar-refractivity contribution in [3.63, 3.8) is 0 Å². The van der Waals surface area contributed by atoms with E-state index >= 15 is 0 Å². The second kappa shape index (κ2) is 5.38. The molecule has 0 fully saturated rings. The Balaban J connectivity index is 2.26. The Bertz CT molecular complexity index is 697. The normalized spacial score (nSPS) is 10.3. The van der Waals surface area contributed by atoms with Gasteiger partial charge < -0.3 is 10.4 Å². The molecule has 4 nitrogen and oxygen atoms in total. The van der Waals surface area contributed by atoms with Crippen LogP contribution < -0.4 is 5.32 Å². The van der Waals surface area contributed by atoms with Crippen LogP contribution in [0.5, 0.6) is 0 Å². The smallest absolute Gasteiger partial charge is 0.346 e. The number of thiophene rings is 1. The summed E-state index contributed by atoms with van der Waals surface area (Å²) in [6, 6.07) is 4.73. The van der Waals surface area contributed by atoms with E-state index in [2.05, 4.69) is 5.32 Å². The number of nitrogens with one attached hydrogen (secondary N) is 1. The fourth-order valence-corrected chi connectivity index (χ4v) is 2.52. The Morgan fingerprint density at radius 2 is 2.00 bits per heavy atom. The molecule has 0 spiro atoms. The van der Waals surface area contributed by atoms with Crippen molar-refractivity contribution in [2.75, 3.05) is 5.32 Å². The lowest BCUT2D eigenvalue weighted by Gasteiger charge is -2.04. The first kappa shape index (κ1) is 14.1. The van der Waals surface area contributed by atoms with E-state index in [1.165, 1.54) is 12.1 Å². The number of hydrogen-bond acceptors (Lipinski definition) is 3. The van der Waals surface area contributed by atoms with Crippen LogP contribution in [0, 0.1) is 18.6 Å². The summed E-state index contributed by atoms with van der Waals surface area (Å²) in [7, 11) is 0. The van der Waals surface area contributed by atoms with Crippen molar-refractivity contribution in [2.45, 2.75) is 6.92 Å². The molecule has 0 atom stereocenters. The van der Waals surface area contributed by atoms with Gasteiger partial charge in [-0.15, -0.1) is 11.3 Å². The lowest BCUT2D eigenvalue weighted by atomic mass is 10.2. The summed E-state index contributed by atoms with van der Waals surface area (Å²) in [4.78, 5) is 22.8. The zero-order valence-electron chi connectivity index (χ0n) is 10.2. The van der Waals surface area contributed by atoms with Crippen LogP contribution in [0.2, 0.25) is 0 Å². The molecule has 0 aliphatic heterocycles. The summed E-state index contributed by atoms with van der Waals surface area (Å²) in [6.07, 6.45) is 0. The lowest BCUT2D eigenvalue weighted by Crippen LogP contribution is -2.13. The molecule has 1 heterocycles. The van der Waals surface area contributed by atoms with Crippen LogP contribution in [0.1, 0.15) is 25.6 Å². The van der Waals surface area contributed by atoms with Crippen molar-refractivity contribution < 1.29 is 23.5 Å². The number of carbonyl (C=O) groups excluding carboxylic acids is 1. The van der Waals surface area contributed by atoms with E-state index < -0.39 is 29.1 Å². The maximum Gasteiger partial charge on any atom is 0.346 e. The molecular formula is C13H9F2NO3S. The number of aromatic carboxylic acids is 1. The van der Waals surface area contributed by atoms with Gasteiger partial charge >= 0.3 is 5.97 Å². The molecule has 0 bridgehead atoms. The fraction of sp³-hybridized carbons (Fsp3) is 0.0769. The van der Waals surface area contributed by atoms with Crippen molar-refractivity contribution in [3.8, 4) is 0 Å². The molecule has 0 saturated heterocycles. The quantitative estimate of drug-likeness (QED) is 0.913. The van der Waals surface area contributed by atoms with Crippen LogP contribution in [-0.4, -0.2) is 17.0 Å². The van der Waals surface area contributed by atoms with Crippen molar-refractivity contribution in [3.05, 3.63) is 51.9 Å². The highest BCUT2D eigenvalue weighted by molar-refractivity contribution is 7.18. The van der Waals surface area contributed by atoms with Gasteiger partial charge in [-0.25, -0.2) is 13.6 Å². The van der Waals surface area contributed by atoms with Crippen LogP contribution >= 0.6 is 11.3 Å². The predicted octanol–water partition coefficient (Wildman–Crippen LogP) is 3.29. The molecule has 2 N–H and O–H groups in total. The SMILES string of the molecule is Cc1cc(NC(=O)c2cccc(F)c2F)sc1C(=O)O. The minimum Gasteiger partial charge on any atom is -0.477 e. The summed E-state index contributed by atoms with van der Waals surface area (Å²) in [5, 5.41) is 11.5. The van der Waals surface area contributed by atoms with Crippen LogP contribution in [0.3, 0.4) is 0 Å². The molecule has 1 aromatic carbocycles. The second-order valence-corrected chi connectivity index (χ2v) is 5.04. The van der Waals surface area contributed by atoms with E-state index in [-0.39, 0.29) is 9.88 Å². The summed E-state index contributed by atoms with van der Waals surface area (Å²) in [5.74, 6) is -4.30. The van der Waals surface area contributed by atoms with Crippen LogP contribution in [-0.2, 0) is 0 Å². The molecule has 0 saturated carbocycles. The Hall–Kier alpha value is -2.28. The summed E-state index contributed by atoms with van der Waals surface area (Å²) < 4.78 is 26.5. The zero-order valence-corrected chi connectivity index (χ0v) is 11.1. The number of carboxylic acids is 1. The Morgan fingerprint density at radius 1 is 1.30 bits per heavy atom. The van der Waals surface area contributed by atoms with Gasteiger partial charge in [0.15, 0.2) is 11.6 Å². The van der Waals surface area contributed by atoms with Crippen molar-refractivity contribution in [2.24, 2.45) is 0 Å². The Morgan fingerprint density at radius 3 is 2.60 bits per heavy atom. The summed E-state index contributed by atoms with van der Waals surface area (Å²) in [5.41, 5.74) is 0.0467. The van der Waals surface area contributed by atoms with Crippen molar-refractivity contribution in [1.82, 2.24) is 0 Å². The average molecular weight is 297 g/mol. The third-order valence-corrected chi connectivity index (χ3v) is 3.69. The van der Waals surface area contributed by atoms with E-state index in [4.69, 9.17) is 5.11 Å². The lowest BCUT2D eigenvalue weighted by molar-refractivity contribution is 0.0701. The first-order valence-electron chi connectivity index (χ1n) is 5.49. The van der Waals surface area contributed by atoms with Gasteiger partial charge in [-0.3, -0.25) is 4.79 Å². The molecule has 7 heteroatoms. The number of amides is 1. The molecule has 1 aromatic heterocycles. The van der Waals surface area contributed by atoms with E-state index in [0.29, 0.717) is 5.56 Å². The number of aryl methyl sites for hydroxylation is 1. The molecular weight excluding hydrogens is 288 g/mol. The summed E-state index contributed by atoms with van der Waals surface area (Å²) in [6.45, 7) is 1.58. The molecule has 104 valence electrons. The molecule has 2 rings (SSSR count). The largest absolute Gasteiger partial charge is 0.477 e. The Kier molecular flexibility index (Phi) is 3.80. The van der Waals surface area contributed by atoms with Crippen LogP contribution in [0.25, 0.3) is 0 Å². The molecule has 0 aliphatic rings. The van der Waals surface area contributed by atoms with E-state index in [9.17, 15) is 18.4 Å². The first-order chi connectivity index (χ1) is 9.40. The molecule has 2 aromatic rings. The van der Waals surface area contributed by atoms with Crippen LogP contribution in [0.15, 0.2) is 24.3 Å². The number of hydrogen-bond donors (Lipinski definition) is 2. The third-order valence-electron chi connectivity index (χ3n) is 2.54. The van der Waals surface area contributed by atoms with Crippen LogP contribution in [0.4, 0.5) is 13.8 Å². The van der Waals surface area contributed by atoms with Gasteiger partial charge in [0.05, 0.1) is 10.6 Å². The zero-order chi connectivity index (χ0) is 14.9. The van der Waals surface area contributed by atoms with E-state index in [0.717, 1.165) is 23.5 Å². The number of rotatable bonds is 3. The molecule has 1 amide bonds. The third kappa shape index (κ3) is 2.67. The van der Waals surface area contributed by atoms with Gasteiger partial charge in [0.25, 0.3) is 5.91 Å². The van der Waals surface area contributed by atoms with Gasteiger partial charge in [0.2, 0.25) is 0 Å². The topological polar surface area (TPSA) is 66.4 Å². The van der Waals surface area contributed by atoms with Crippen molar-refractivity contribution >= 4 is 28.2 Å². The molecule has 0 aliphatic carbocycles. The number of benzene rings is 1. The van der Waals surface area contributed by atoms with E-state index in [1.807, 2.05) is 0 Å². The highest BCUT2D eigenvalue weighted by Crippen LogP contribution is 2.27. The van der Waals surface area contributed by atoms with E-state index in [1.54, 1.807) is 6.92 Å². The predicted molar refractivity (Wildman–Crippen MR) is 70.3 cm³/mol. The minimum atomic E-state index is -1.24. The fourth-order valence-electron chi connectivity index (χ4n) is 1.61. The minimum absolute atomic E-state index is 0.0833. The van der Waals surface area contributed by atoms with Gasteiger partial charge in [0.1, 0.15) is 4.88 Å². The van der Waals surface area contributed by atoms with Gasteiger partial charge in [-0.1, -0.05) is 6.07 Å². The Labute approximate surface area is 116 Å². The second-order valence-electron chi connectivity index (χ2n) is 3.98. The van der Waals surface area contributed by atoms with Gasteiger partial charge in [-0.05, 0) is 30.7 Å². The molecule has 0 unspecified atom stereocenters. The number of carboxylic acid groups (broad SMARTS) is 1. The molecule has 20 heavy (non-hydrogen) atoms. The molecule has 0 radical (unpaired) electrons. The van der Waals surface area contributed by atoms with Gasteiger partial charge in [-0.2, -0.15) is 0 Å². The summed E-state index contributed by atoms with van der Waals surface area (Å²) >= 11 is 0.853. The highest BCUT2D eigenvalue weighted by atomic mass is 32.1. The number of carbonyl (C=O) groups is 2. The maximum atomic E-state index is 13.4. The first-order valence-corrected chi connectivity index (χ1v) is 6.31. The van der Waals surface area contributed by atoms with Gasteiger partial charge in [0, 0.05) is 0 Å². The van der Waals surface area contributed by atoms with Crippen molar-refractivity contribution in [1.29, 1.82) is 0 Å². The number of halogens is 2. The maximum absolute atomic E-state index is 13.4.